The highest BCUT2D eigenvalue weighted by molar-refractivity contribution is 5.88. The second-order valence-electron chi connectivity index (χ2n) is 14.0. The van der Waals surface area contributed by atoms with Gasteiger partial charge in [0.2, 0.25) is 0 Å². The number of para-hydroxylation sites is 2. The third-order valence-corrected chi connectivity index (χ3v) is 10.6. The average molecular weight is 694 g/mol. The van der Waals surface area contributed by atoms with Crippen LogP contribution in [0.4, 0.5) is 0 Å². The number of rotatable bonds is 6. The van der Waals surface area contributed by atoms with E-state index < -0.39 is 0 Å². The van der Waals surface area contributed by atoms with Crippen molar-refractivity contribution in [3.8, 4) is 51.2 Å². The minimum absolute atomic E-state index is 0.370. The Balaban J connectivity index is 1.06. The number of fused-ring (bicyclic) bond motifs is 3. The van der Waals surface area contributed by atoms with Gasteiger partial charge < -0.3 is 0 Å². The molecule has 0 N–H and O–H groups in total. The lowest BCUT2D eigenvalue weighted by atomic mass is 9.84. The van der Waals surface area contributed by atoms with E-state index in [1.807, 2.05) is 6.07 Å². The molecule has 9 aromatic rings. The Morgan fingerprint density at radius 2 is 0.963 bits per heavy atom. The molecule has 5 heteroatoms. The van der Waals surface area contributed by atoms with Crippen molar-refractivity contribution in [3.05, 3.63) is 188 Å². The summed E-state index contributed by atoms with van der Waals surface area (Å²) in [5.74, 6) is 3.63. The van der Waals surface area contributed by atoms with Crippen molar-refractivity contribution < 1.29 is 0 Å². The molecule has 0 fully saturated rings. The van der Waals surface area contributed by atoms with E-state index in [4.69, 9.17) is 19.9 Å². The summed E-state index contributed by atoms with van der Waals surface area (Å²) < 4.78 is 2.24. The lowest BCUT2D eigenvalue weighted by molar-refractivity contribution is 0.635. The van der Waals surface area contributed by atoms with Gasteiger partial charge in [0, 0.05) is 33.9 Å². The topological polar surface area (TPSA) is 56.5 Å². The summed E-state index contributed by atoms with van der Waals surface area (Å²) >= 11 is 0. The standard InChI is InChI=1S/C49H35N5/c1-32-10-2-7-15-43(32)35-20-22-37(23-21-35)49-50-44-16-8-9-17-45(44)54(49)42-28-26-36(27-29-42)46-51-47(40-24-18-33-11-3-5-13-38(33)30-40)53-48(52-46)41-25-19-34-12-4-6-14-39(34)31-41/h2-32,43H,1H3. The maximum Gasteiger partial charge on any atom is 0.164 e. The summed E-state index contributed by atoms with van der Waals surface area (Å²) in [5, 5.41) is 4.64. The van der Waals surface area contributed by atoms with Gasteiger partial charge in [-0.15, -0.1) is 0 Å². The summed E-state index contributed by atoms with van der Waals surface area (Å²) in [7, 11) is 0. The summed E-state index contributed by atoms with van der Waals surface area (Å²) in [6, 6.07) is 55.2. The Morgan fingerprint density at radius 1 is 0.444 bits per heavy atom. The van der Waals surface area contributed by atoms with Crippen LogP contribution in [0.1, 0.15) is 18.4 Å². The zero-order chi connectivity index (χ0) is 36.0. The molecule has 0 amide bonds. The Hall–Kier alpha value is -6.98. The van der Waals surface area contributed by atoms with Crippen molar-refractivity contribution in [1.82, 2.24) is 24.5 Å². The van der Waals surface area contributed by atoms with Crippen LogP contribution < -0.4 is 0 Å². The molecular formula is C49H35N5. The summed E-state index contributed by atoms with van der Waals surface area (Å²) in [6.07, 6.45) is 8.84. The Labute approximate surface area is 313 Å². The van der Waals surface area contributed by atoms with E-state index in [1.165, 1.54) is 16.3 Å². The van der Waals surface area contributed by atoms with Crippen LogP contribution >= 0.6 is 0 Å². The van der Waals surface area contributed by atoms with Crippen LogP contribution in [0.2, 0.25) is 0 Å². The monoisotopic (exact) mass is 693 g/mol. The molecule has 10 rings (SSSR count). The van der Waals surface area contributed by atoms with E-state index in [1.54, 1.807) is 0 Å². The van der Waals surface area contributed by atoms with Crippen LogP contribution in [0.3, 0.4) is 0 Å². The Bertz CT molecular complexity index is 2800. The van der Waals surface area contributed by atoms with Gasteiger partial charge in [-0.25, -0.2) is 19.9 Å². The highest BCUT2D eigenvalue weighted by atomic mass is 15.1. The maximum absolute atomic E-state index is 5.14. The van der Waals surface area contributed by atoms with E-state index in [2.05, 4.69) is 187 Å². The van der Waals surface area contributed by atoms with Gasteiger partial charge in [-0.1, -0.05) is 140 Å². The van der Waals surface area contributed by atoms with E-state index in [0.717, 1.165) is 55.6 Å². The van der Waals surface area contributed by atoms with Gasteiger partial charge in [0.25, 0.3) is 0 Å². The quantitative estimate of drug-likeness (QED) is 0.174. The third-order valence-electron chi connectivity index (χ3n) is 10.6. The van der Waals surface area contributed by atoms with E-state index in [9.17, 15) is 0 Å². The molecule has 0 spiro atoms. The molecule has 0 saturated heterocycles. The first-order chi connectivity index (χ1) is 26.6. The lowest BCUT2D eigenvalue weighted by Crippen LogP contribution is -2.07. The first kappa shape index (κ1) is 31.7. The molecule has 1 aliphatic rings. The van der Waals surface area contributed by atoms with E-state index >= 15 is 0 Å². The first-order valence-corrected chi connectivity index (χ1v) is 18.4. The average Bonchev–Trinajstić information content (AvgIpc) is 3.63. The minimum Gasteiger partial charge on any atom is -0.292 e. The normalized spacial score (nSPS) is 15.4. The van der Waals surface area contributed by atoms with Crippen LogP contribution in [-0.4, -0.2) is 24.5 Å². The van der Waals surface area contributed by atoms with Crippen LogP contribution in [0, 0.1) is 5.92 Å². The molecule has 0 radical (unpaired) electrons. The molecule has 5 nitrogen and oxygen atoms in total. The SMILES string of the molecule is CC1C=CC=CC1c1ccc(-c2nc3ccccc3n2-c2ccc(-c3nc(-c4ccc5ccccc5c4)nc(-c4ccc5ccccc5c4)n3)cc2)cc1. The highest BCUT2D eigenvalue weighted by Gasteiger charge is 2.19. The summed E-state index contributed by atoms with van der Waals surface area (Å²) in [6.45, 7) is 2.27. The number of hydrogen-bond acceptors (Lipinski definition) is 4. The van der Waals surface area contributed by atoms with Gasteiger partial charge in [0.1, 0.15) is 5.82 Å². The number of allylic oxidation sites excluding steroid dienone is 4. The Morgan fingerprint density at radius 3 is 1.59 bits per heavy atom. The molecule has 256 valence electrons. The molecule has 0 bridgehead atoms. The van der Waals surface area contributed by atoms with Crippen LogP contribution in [0.25, 0.3) is 83.8 Å². The molecule has 0 aliphatic heterocycles. The van der Waals surface area contributed by atoms with Crippen LogP contribution in [0.5, 0.6) is 0 Å². The molecule has 1 aliphatic carbocycles. The van der Waals surface area contributed by atoms with Gasteiger partial charge in [-0.05, 0) is 81.6 Å². The number of nitrogens with zero attached hydrogens (tertiary/aromatic N) is 5. The van der Waals surface area contributed by atoms with Gasteiger partial charge >= 0.3 is 0 Å². The van der Waals surface area contributed by atoms with Crippen LogP contribution in [-0.2, 0) is 0 Å². The fourth-order valence-electron chi connectivity index (χ4n) is 7.65. The number of imidazole rings is 1. The molecular weight excluding hydrogens is 659 g/mol. The van der Waals surface area contributed by atoms with E-state index in [0.29, 0.717) is 29.3 Å². The van der Waals surface area contributed by atoms with Crippen molar-refractivity contribution in [2.45, 2.75) is 12.8 Å². The minimum atomic E-state index is 0.370. The third kappa shape index (κ3) is 5.76. The number of aromatic nitrogens is 5. The molecule has 2 aromatic heterocycles. The fourth-order valence-corrected chi connectivity index (χ4v) is 7.65. The molecule has 2 atom stereocenters. The molecule has 54 heavy (non-hydrogen) atoms. The molecule has 2 heterocycles. The smallest absolute Gasteiger partial charge is 0.164 e. The van der Waals surface area contributed by atoms with Crippen molar-refractivity contribution >= 4 is 32.6 Å². The zero-order valence-electron chi connectivity index (χ0n) is 29.7. The van der Waals surface area contributed by atoms with Crippen LogP contribution in [0.15, 0.2) is 182 Å². The molecule has 7 aromatic carbocycles. The zero-order valence-corrected chi connectivity index (χ0v) is 29.7. The molecule has 2 unspecified atom stereocenters. The molecule has 0 saturated carbocycles. The first-order valence-electron chi connectivity index (χ1n) is 18.4. The largest absolute Gasteiger partial charge is 0.292 e. The van der Waals surface area contributed by atoms with Crippen molar-refractivity contribution in [2.24, 2.45) is 5.92 Å². The summed E-state index contributed by atoms with van der Waals surface area (Å²) in [5.41, 5.74) is 8.19. The van der Waals surface area contributed by atoms with E-state index in [-0.39, 0.29) is 0 Å². The second kappa shape index (κ2) is 13.2. The number of hydrogen-bond donors (Lipinski definition) is 0. The fraction of sp³-hybridized carbons (Fsp3) is 0.0612. The van der Waals surface area contributed by atoms with Gasteiger partial charge in [0.15, 0.2) is 17.5 Å². The van der Waals surface area contributed by atoms with Crippen molar-refractivity contribution in [1.29, 1.82) is 0 Å². The van der Waals surface area contributed by atoms with Crippen molar-refractivity contribution in [3.63, 3.8) is 0 Å². The van der Waals surface area contributed by atoms with Gasteiger partial charge in [0.05, 0.1) is 11.0 Å². The van der Waals surface area contributed by atoms with Gasteiger partial charge in [-0.2, -0.15) is 0 Å². The lowest BCUT2D eigenvalue weighted by Gasteiger charge is -2.21. The highest BCUT2D eigenvalue weighted by Crippen LogP contribution is 2.34. The summed E-state index contributed by atoms with van der Waals surface area (Å²) in [4.78, 5) is 20.3. The maximum atomic E-state index is 5.14. The predicted octanol–water partition coefficient (Wildman–Crippen LogP) is 12.0. The van der Waals surface area contributed by atoms with Crippen molar-refractivity contribution in [2.75, 3.05) is 0 Å². The number of benzene rings is 7. The Kier molecular flexibility index (Phi) is 7.76. The predicted molar refractivity (Wildman–Crippen MR) is 221 cm³/mol. The van der Waals surface area contributed by atoms with Gasteiger partial charge in [-0.3, -0.25) is 4.57 Å². The second-order valence-corrected chi connectivity index (χ2v) is 14.0.